The Balaban J connectivity index is -0.0000000729. The molecule has 0 radical (unpaired) electrons. The standard InChI is InChI=1S/C3H8O3.C3H8O2.C3H6O2.H2O/c4-1-3(6)2-5;2*4-2-1-3-5;/h3-6H,1-2H2;4-5H,1-3H2;2,5H,1,3H2;1H2. The van der Waals surface area contributed by atoms with Gasteiger partial charge in [-0.25, -0.2) is 0 Å². The average Bonchev–Trinajstić information content (AvgIpc) is 2.32. The van der Waals surface area contributed by atoms with Crippen molar-refractivity contribution in [3.05, 3.63) is 0 Å². The van der Waals surface area contributed by atoms with Gasteiger partial charge in [0.2, 0.25) is 0 Å². The molecule has 0 aromatic heterocycles. The quantitative estimate of drug-likeness (QED) is 0.268. The van der Waals surface area contributed by atoms with Crippen LogP contribution in [0, 0.1) is 0 Å². The molecule has 0 saturated heterocycles. The largest absolute Gasteiger partial charge is 0.412 e. The Kier molecular flexibility index (Phi) is 43.9. The van der Waals surface area contributed by atoms with E-state index in [1.54, 1.807) is 0 Å². The van der Waals surface area contributed by atoms with Crippen molar-refractivity contribution < 1.29 is 40.9 Å². The summed E-state index contributed by atoms with van der Waals surface area (Å²) in [6.45, 7) is -0.566. The van der Waals surface area contributed by atoms with Crippen LogP contribution in [0.1, 0.15) is 12.8 Å². The highest BCUT2D eigenvalue weighted by molar-refractivity contribution is 5.49. The van der Waals surface area contributed by atoms with Crippen molar-refractivity contribution in [3.8, 4) is 0 Å². The van der Waals surface area contributed by atoms with Gasteiger partial charge in [-0.1, -0.05) is 0 Å². The molecule has 0 fully saturated rings. The number of hydrogen-bond acceptors (Lipinski definition) is 7. The van der Waals surface area contributed by atoms with Crippen molar-refractivity contribution in [2.75, 3.05) is 33.0 Å². The van der Waals surface area contributed by atoms with Crippen molar-refractivity contribution >= 4 is 6.29 Å². The highest BCUT2D eigenvalue weighted by Gasteiger charge is 1.93. The van der Waals surface area contributed by atoms with E-state index >= 15 is 0 Å². The number of hydrogen-bond donors (Lipinski definition) is 6. The smallest absolute Gasteiger partial charge is 0.122 e. The topological polar surface area (TPSA) is 170 Å². The van der Waals surface area contributed by atoms with Crippen LogP contribution >= 0.6 is 0 Å². The van der Waals surface area contributed by atoms with Gasteiger partial charge in [-0.2, -0.15) is 0 Å². The van der Waals surface area contributed by atoms with Crippen molar-refractivity contribution in [3.63, 3.8) is 0 Å². The summed E-state index contributed by atoms with van der Waals surface area (Å²) in [6.07, 6.45) is 0.491. The molecule has 0 aliphatic rings. The number of rotatable bonds is 6. The summed E-state index contributed by atoms with van der Waals surface area (Å²) in [4.78, 5) is 9.24. The van der Waals surface area contributed by atoms with Crippen molar-refractivity contribution in [1.82, 2.24) is 0 Å². The first-order valence-corrected chi connectivity index (χ1v) is 4.80. The number of carbonyl (C=O) groups is 1. The molecule has 0 unspecified atom stereocenters. The van der Waals surface area contributed by atoms with Crippen LogP contribution in [0.4, 0.5) is 0 Å². The van der Waals surface area contributed by atoms with Crippen LogP contribution in [0.25, 0.3) is 0 Å². The number of aldehydes is 1. The van der Waals surface area contributed by atoms with Crippen molar-refractivity contribution in [1.29, 1.82) is 0 Å². The van der Waals surface area contributed by atoms with E-state index in [0.717, 1.165) is 0 Å². The van der Waals surface area contributed by atoms with E-state index in [-0.39, 0.29) is 44.9 Å². The van der Waals surface area contributed by atoms with Crippen LogP contribution in [-0.2, 0) is 4.79 Å². The van der Waals surface area contributed by atoms with E-state index in [1.165, 1.54) is 0 Å². The third-order valence-electron chi connectivity index (χ3n) is 0.985. The fourth-order valence-corrected chi connectivity index (χ4v) is 0.181. The number of aliphatic hydroxyl groups excluding tert-OH is 6. The van der Waals surface area contributed by atoms with E-state index in [9.17, 15) is 4.79 Å². The molecule has 0 saturated carbocycles. The van der Waals surface area contributed by atoms with Gasteiger partial charge in [0.25, 0.3) is 0 Å². The molecule has 0 aliphatic heterocycles. The zero-order valence-corrected chi connectivity index (χ0v) is 9.70. The second-order valence-electron chi connectivity index (χ2n) is 2.50. The molecule has 0 spiro atoms. The maximum Gasteiger partial charge on any atom is 0.122 e. The average molecular weight is 260 g/mol. The molecule has 0 heterocycles. The first-order valence-electron chi connectivity index (χ1n) is 4.80. The molecule has 0 aromatic rings. The van der Waals surface area contributed by atoms with Gasteiger partial charge in [-0.3, -0.25) is 0 Å². The maximum absolute atomic E-state index is 9.24. The monoisotopic (exact) mass is 260 g/mol. The van der Waals surface area contributed by atoms with Gasteiger partial charge in [-0.05, 0) is 6.42 Å². The Morgan fingerprint density at radius 2 is 1.29 bits per heavy atom. The molecule has 0 atom stereocenters. The van der Waals surface area contributed by atoms with Gasteiger partial charge in [-0.15, -0.1) is 0 Å². The molecule has 8 heteroatoms. The Labute approximate surface area is 100 Å². The molecule has 0 aromatic carbocycles. The lowest BCUT2D eigenvalue weighted by Gasteiger charge is -1.96. The predicted octanol–water partition coefficient (Wildman–Crippen LogP) is -3.56. The van der Waals surface area contributed by atoms with Crippen molar-refractivity contribution in [2.24, 2.45) is 0 Å². The van der Waals surface area contributed by atoms with Gasteiger partial charge in [0, 0.05) is 26.2 Å². The second kappa shape index (κ2) is 29.5. The minimum Gasteiger partial charge on any atom is -0.412 e. The van der Waals surface area contributed by atoms with Crippen LogP contribution in [0.2, 0.25) is 0 Å². The summed E-state index contributed by atoms with van der Waals surface area (Å²) in [5.41, 5.74) is 0. The predicted molar refractivity (Wildman–Crippen MR) is 60.3 cm³/mol. The lowest BCUT2D eigenvalue weighted by atomic mass is 10.4. The Bertz CT molecular complexity index is 105. The van der Waals surface area contributed by atoms with E-state index in [2.05, 4.69) is 0 Å². The summed E-state index contributed by atoms with van der Waals surface area (Å²) >= 11 is 0. The van der Waals surface area contributed by atoms with Gasteiger partial charge in [0.05, 0.1) is 13.2 Å². The lowest BCUT2D eigenvalue weighted by Crippen LogP contribution is -2.15. The molecule has 8 nitrogen and oxygen atoms in total. The third-order valence-corrected chi connectivity index (χ3v) is 0.985. The number of aliphatic hydroxyl groups is 6. The zero-order valence-electron chi connectivity index (χ0n) is 9.70. The maximum atomic E-state index is 9.24. The molecule has 0 bridgehead atoms. The highest BCUT2D eigenvalue weighted by Crippen LogP contribution is 1.71. The molecule has 108 valence electrons. The Morgan fingerprint density at radius 3 is 1.29 bits per heavy atom. The van der Waals surface area contributed by atoms with Gasteiger partial charge < -0.3 is 40.9 Å². The fourth-order valence-electron chi connectivity index (χ4n) is 0.181. The first kappa shape index (κ1) is 25.3. The minimum atomic E-state index is -0.954. The Morgan fingerprint density at radius 1 is 0.882 bits per heavy atom. The summed E-state index contributed by atoms with van der Waals surface area (Å²) in [5, 5.41) is 47.7. The first-order chi connectivity index (χ1) is 7.64. The lowest BCUT2D eigenvalue weighted by molar-refractivity contribution is -0.108. The van der Waals surface area contributed by atoms with Crippen LogP contribution in [0.5, 0.6) is 0 Å². The van der Waals surface area contributed by atoms with Crippen molar-refractivity contribution in [2.45, 2.75) is 18.9 Å². The zero-order chi connectivity index (χ0) is 13.2. The van der Waals surface area contributed by atoms with Crippen LogP contribution in [0.3, 0.4) is 0 Å². The molecular weight excluding hydrogens is 236 g/mol. The molecule has 0 rings (SSSR count). The summed E-state index contributed by atoms with van der Waals surface area (Å²) in [5.74, 6) is 0. The number of carbonyl (C=O) groups excluding carboxylic acids is 1. The van der Waals surface area contributed by atoms with E-state index in [1.807, 2.05) is 0 Å². The Hall–Kier alpha value is -0.610. The summed E-state index contributed by atoms with van der Waals surface area (Å²) < 4.78 is 0. The fraction of sp³-hybridized carbons (Fsp3) is 0.889. The van der Waals surface area contributed by atoms with Gasteiger partial charge in [0.1, 0.15) is 12.4 Å². The van der Waals surface area contributed by atoms with E-state index in [0.29, 0.717) is 12.7 Å². The molecule has 17 heavy (non-hydrogen) atoms. The van der Waals surface area contributed by atoms with E-state index < -0.39 is 6.10 Å². The molecular formula is C9H24O8. The second-order valence-corrected chi connectivity index (χ2v) is 2.50. The molecule has 8 N–H and O–H groups in total. The van der Waals surface area contributed by atoms with E-state index in [4.69, 9.17) is 30.6 Å². The van der Waals surface area contributed by atoms with Crippen LogP contribution < -0.4 is 0 Å². The van der Waals surface area contributed by atoms with Gasteiger partial charge >= 0.3 is 0 Å². The third kappa shape index (κ3) is 50.5. The normalized spacial score (nSPS) is 8.18. The van der Waals surface area contributed by atoms with Crippen LogP contribution in [-0.4, -0.2) is 81.5 Å². The summed E-state index contributed by atoms with van der Waals surface area (Å²) in [7, 11) is 0. The summed E-state index contributed by atoms with van der Waals surface area (Å²) in [6, 6.07) is 0. The molecule has 0 amide bonds. The van der Waals surface area contributed by atoms with Gasteiger partial charge in [0.15, 0.2) is 0 Å². The molecule has 0 aliphatic carbocycles. The highest BCUT2D eigenvalue weighted by atomic mass is 16.3. The minimum absolute atomic E-state index is 0. The SMILES string of the molecule is O.O=CCCO.OCC(O)CO.OCCCO. The van der Waals surface area contributed by atoms with Crippen LogP contribution in [0.15, 0.2) is 0 Å².